The number of pyridine rings is 2. The van der Waals surface area contributed by atoms with Crippen LogP contribution in [0.5, 0.6) is 11.5 Å². The van der Waals surface area contributed by atoms with Crippen molar-refractivity contribution in [3.63, 3.8) is 0 Å². The topological polar surface area (TPSA) is 89.7 Å². The number of aryl methyl sites for hydroxylation is 2. The summed E-state index contributed by atoms with van der Waals surface area (Å²) in [7, 11) is 3.41. The van der Waals surface area contributed by atoms with Crippen molar-refractivity contribution >= 4 is 60.0 Å². The fraction of sp³-hybridized carbons (Fsp3) is 0.323. The Morgan fingerprint density at radius 1 is 0.542 bits per heavy atom. The zero-order valence-corrected chi connectivity index (χ0v) is 52.2. The molecule has 18 heteroatoms. The summed E-state index contributed by atoms with van der Waals surface area (Å²) in [4.78, 5) is 17.4. The van der Waals surface area contributed by atoms with Crippen LogP contribution in [-0.4, -0.2) is 70.8 Å². The number of unbranched alkanes of at least 4 members (excludes halogenated alkanes) is 3. The third kappa shape index (κ3) is 14.2. The average molecular weight is 1310 g/mol. The van der Waals surface area contributed by atoms with E-state index in [0.717, 1.165) is 79.1 Å². The number of aromatic nitrogens is 8. The van der Waals surface area contributed by atoms with Crippen molar-refractivity contribution in [2.45, 2.75) is 120 Å². The molecule has 10 aromatic rings. The molecule has 2 atom stereocenters. The minimum Gasteiger partial charge on any atom is -0.495 e. The minimum atomic E-state index is -2.42. The number of nitrogens with zero attached hydrogens (tertiary/aromatic N) is 8. The van der Waals surface area contributed by atoms with Gasteiger partial charge in [-0.3, -0.25) is 0 Å². The van der Waals surface area contributed by atoms with Crippen LogP contribution in [0, 0.1) is 48.8 Å². The van der Waals surface area contributed by atoms with Crippen LogP contribution in [-0.2, 0) is 0 Å². The molecule has 0 aliphatic heterocycles. The molecule has 10 rings (SSSR count). The number of fused-ring (bicyclic) bond motifs is 2. The van der Waals surface area contributed by atoms with E-state index in [2.05, 4.69) is 85.6 Å². The molecule has 0 radical (unpaired) electrons. The van der Waals surface area contributed by atoms with Gasteiger partial charge in [-0.25, -0.2) is 41.3 Å². The second-order valence-electron chi connectivity index (χ2n) is 20.7. The molecule has 0 N–H and O–H groups in total. The molecular weight excluding hydrogens is 1240 g/mol. The molecule has 438 valence electrons. The van der Waals surface area contributed by atoms with Gasteiger partial charge >= 0.3 is 171 Å². The van der Waals surface area contributed by atoms with Crippen LogP contribution in [0.4, 0.5) is 26.3 Å². The molecule has 0 saturated carbocycles. The molecule has 0 saturated heterocycles. The van der Waals surface area contributed by atoms with E-state index < -0.39 is 65.4 Å². The Labute approximate surface area is 495 Å². The molecule has 2 unspecified atom stereocenters. The molecule has 0 aliphatic rings. The van der Waals surface area contributed by atoms with Crippen LogP contribution >= 0.6 is 15.9 Å². The summed E-state index contributed by atoms with van der Waals surface area (Å²) in [6, 6.07) is 23.6. The van der Waals surface area contributed by atoms with Gasteiger partial charge in [0.15, 0.2) is 34.9 Å². The molecule has 0 amide bonds. The van der Waals surface area contributed by atoms with Crippen LogP contribution in [0.1, 0.15) is 115 Å². The largest absolute Gasteiger partial charge is 0.495 e. The molecule has 83 heavy (non-hydrogen) atoms. The second-order valence-corrected chi connectivity index (χ2v) is 34.8. The summed E-state index contributed by atoms with van der Waals surface area (Å²) in [5.41, 5.74) is 7.59. The van der Waals surface area contributed by atoms with Gasteiger partial charge in [0.25, 0.3) is 0 Å². The van der Waals surface area contributed by atoms with Crippen molar-refractivity contribution < 1.29 is 35.8 Å². The van der Waals surface area contributed by atoms with E-state index in [1.165, 1.54) is 51.8 Å². The van der Waals surface area contributed by atoms with Gasteiger partial charge in [-0.2, -0.15) is 0 Å². The van der Waals surface area contributed by atoms with Gasteiger partial charge in [0.1, 0.15) is 17.0 Å². The fourth-order valence-electron chi connectivity index (χ4n) is 10.6. The Balaban J connectivity index is 0.000000183. The van der Waals surface area contributed by atoms with E-state index in [9.17, 15) is 26.3 Å². The van der Waals surface area contributed by atoms with Crippen molar-refractivity contribution in [3.8, 4) is 34.0 Å². The number of rotatable bonds is 19. The summed E-state index contributed by atoms with van der Waals surface area (Å²) < 4.78 is 107. The molecule has 6 aromatic heterocycles. The Hall–Kier alpha value is -6.86. The van der Waals surface area contributed by atoms with E-state index in [1.807, 2.05) is 78.1 Å². The first-order valence-corrected chi connectivity index (χ1v) is 36.0. The van der Waals surface area contributed by atoms with Gasteiger partial charge in [0.05, 0.1) is 36.9 Å². The molecule has 6 heterocycles. The summed E-state index contributed by atoms with van der Waals surface area (Å²) in [6.45, 7) is 14.5. The number of benzene rings is 4. The number of hydrogen-bond acceptors (Lipinski definition) is 6. The zero-order chi connectivity index (χ0) is 58.8. The van der Waals surface area contributed by atoms with Crippen molar-refractivity contribution in [2.75, 3.05) is 14.2 Å². The fourth-order valence-corrected chi connectivity index (χ4v) is 27.1. The van der Waals surface area contributed by atoms with Crippen molar-refractivity contribution in [1.82, 2.24) is 38.2 Å². The predicted molar refractivity (Wildman–Crippen MR) is 327 cm³/mol. The number of ether oxygens (including phenoxy) is 2. The predicted octanol–water partition coefficient (Wildman–Crippen LogP) is 17.9. The molecule has 0 aliphatic carbocycles. The summed E-state index contributed by atoms with van der Waals surface area (Å²) in [6.07, 6.45) is 22.6. The first-order valence-electron chi connectivity index (χ1n) is 27.7. The van der Waals surface area contributed by atoms with Gasteiger partial charge in [-0.1, -0.05) is 13.5 Å². The van der Waals surface area contributed by atoms with Gasteiger partial charge in [0.2, 0.25) is 0 Å². The summed E-state index contributed by atoms with van der Waals surface area (Å²) in [5.74, 6) is -6.11. The maximum atomic E-state index is 13.9. The van der Waals surface area contributed by atoms with Crippen molar-refractivity contribution in [1.29, 1.82) is 0 Å². The summed E-state index contributed by atoms with van der Waals surface area (Å²) >= 11 is 1.01. The van der Waals surface area contributed by atoms with E-state index in [4.69, 9.17) is 9.47 Å². The molecule has 0 fully saturated rings. The molecular formula is C65H73BrF6N8O2Sn. The quantitative estimate of drug-likeness (QED) is 0.0455. The van der Waals surface area contributed by atoms with Crippen LogP contribution in [0.2, 0.25) is 13.3 Å². The maximum absolute atomic E-state index is 13.9. The standard InChI is InChI=1S/C26H21F3N4O.C15H10BrF3N2.C11H11N2O.3C4H9.CH4.Sn/c1-15-12-32(14-31-15)23-7-6-17(11-24(23)34-3)20-13-33(26-19(20)5-4-8-30-26)16(2)18-9-21(27)25(29)22(28)10-18;1-8(9-5-12(17)14(19)13(18)6-9)21-7-11(16)10-3-2-4-20-15(10)21;1-9-7-13(8-12-9)10-5-3-4-6-11(10)14-2;3*1-3-4-2;;/h4-14,16H,1-3H3;2-8H,1H3;3,5-8H,1-2H3;3*1,3-4H2,2H3;1H4;. The van der Waals surface area contributed by atoms with Crippen LogP contribution in [0.25, 0.3) is 44.6 Å². The Morgan fingerprint density at radius 3 is 1.42 bits per heavy atom. The van der Waals surface area contributed by atoms with E-state index in [1.54, 1.807) is 67.2 Å². The van der Waals surface area contributed by atoms with Gasteiger partial charge in [-0.15, -0.1) is 0 Å². The van der Waals surface area contributed by atoms with Crippen LogP contribution < -0.4 is 13.1 Å². The van der Waals surface area contributed by atoms with E-state index in [-0.39, 0.29) is 7.43 Å². The third-order valence-electron chi connectivity index (χ3n) is 15.2. The SMILES string of the molecule is C.CC(c1cc(F)c(F)c(F)c1)n1cc(Br)c2cccnc21.CCC[CH2][Sn]([CH2]CCC)([CH2]CCC)[c]1ccc(-n2cnc(C)c2)c(OC)c1.COc1cc(-c2cn(C(C)c3cc(F)c(F)c(F)c3)c3ncccc23)ccc1-n1cnc(C)c1. The maximum Gasteiger partial charge on any atom is 0.194 e. The molecule has 0 spiro atoms. The summed E-state index contributed by atoms with van der Waals surface area (Å²) in [5, 5.41) is 1.76. The first kappa shape index (κ1) is 63.7. The third-order valence-corrected chi connectivity index (χ3v) is 31.5. The van der Waals surface area contributed by atoms with E-state index >= 15 is 0 Å². The smallest absolute Gasteiger partial charge is 0.194 e. The number of hydrogen-bond donors (Lipinski definition) is 0. The zero-order valence-electron chi connectivity index (χ0n) is 47.8. The Bertz CT molecular complexity index is 3730. The number of imidazole rings is 2. The van der Waals surface area contributed by atoms with Crippen LogP contribution in [0.3, 0.4) is 0 Å². The number of methoxy groups -OCH3 is 2. The van der Waals surface area contributed by atoms with Crippen molar-refractivity contribution in [3.05, 3.63) is 197 Å². The second kappa shape index (κ2) is 28.6. The average Bonchev–Trinajstić information content (AvgIpc) is 3.16. The van der Waals surface area contributed by atoms with Crippen molar-refractivity contribution in [2.24, 2.45) is 0 Å². The number of halogens is 7. The normalized spacial score (nSPS) is 12.1. The minimum absolute atomic E-state index is 0. The van der Waals surface area contributed by atoms with Gasteiger partial charge in [0, 0.05) is 51.8 Å². The Morgan fingerprint density at radius 2 is 0.976 bits per heavy atom. The molecule has 4 aromatic carbocycles. The first-order chi connectivity index (χ1) is 39.4. The van der Waals surface area contributed by atoms with Crippen LogP contribution in [0.15, 0.2) is 139 Å². The van der Waals surface area contributed by atoms with Gasteiger partial charge < -0.3 is 18.4 Å². The van der Waals surface area contributed by atoms with Gasteiger partial charge in [-0.05, 0) is 114 Å². The van der Waals surface area contributed by atoms with E-state index in [0.29, 0.717) is 28.2 Å². The molecule has 0 bridgehead atoms. The molecule has 10 nitrogen and oxygen atoms in total. The monoisotopic (exact) mass is 1310 g/mol. The Kier molecular flexibility index (Phi) is 22.0.